The third-order valence-electron chi connectivity index (χ3n) is 2.33. The van der Waals surface area contributed by atoms with E-state index in [-0.39, 0.29) is 23.0 Å². The molecule has 0 fully saturated rings. The average Bonchev–Trinajstić information content (AvgIpc) is 2.44. The molecule has 0 atom stereocenters. The monoisotopic (exact) mass is 295 g/mol. The number of guanidine groups is 2. The van der Waals surface area contributed by atoms with Gasteiger partial charge in [0.1, 0.15) is 0 Å². The zero-order valence-corrected chi connectivity index (χ0v) is 11.6. The largest absolute Gasteiger partial charge is 0.522 e. The van der Waals surface area contributed by atoms with Gasteiger partial charge in [0.25, 0.3) is 5.96 Å². The van der Waals surface area contributed by atoms with Crippen LogP contribution < -0.4 is 27.2 Å². The number of rotatable bonds is 3. The Morgan fingerprint density at radius 2 is 1.43 bits per heavy atom. The summed E-state index contributed by atoms with van der Waals surface area (Å²) in [5.41, 5.74) is 16.7. The number of hydrogen-bond acceptors (Lipinski definition) is 4. The van der Waals surface area contributed by atoms with Gasteiger partial charge < -0.3 is 20.9 Å². The molecule has 0 saturated heterocycles. The van der Waals surface area contributed by atoms with Crippen molar-refractivity contribution in [1.29, 1.82) is 0 Å². The lowest BCUT2D eigenvalue weighted by Crippen LogP contribution is -2.96. The van der Waals surface area contributed by atoms with Gasteiger partial charge in [0.05, 0.1) is 25.3 Å². The van der Waals surface area contributed by atoms with Gasteiger partial charge in [-0.25, -0.2) is 15.3 Å². The van der Waals surface area contributed by atoms with E-state index < -0.39 is 11.9 Å². The predicted octanol–water partition coefficient (Wildman–Crippen LogP) is -4.36. The molecular weight excluding hydrogens is 278 g/mol. The maximum Gasteiger partial charge on any atom is 0.522 e. The number of esters is 2. The van der Waals surface area contributed by atoms with E-state index in [0.29, 0.717) is 5.69 Å². The van der Waals surface area contributed by atoms with Gasteiger partial charge in [-0.3, -0.25) is 0 Å². The van der Waals surface area contributed by atoms with Crippen molar-refractivity contribution in [2.45, 2.75) is 0 Å². The molecular formula is C12H17N5O4+2. The van der Waals surface area contributed by atoms with Crippen LogP contribution in [0.5, 0.6) is 0 Å². The highest BCUT2D eigenvalue weighted by molar-refractivity contribution is 5.96. The molecule has 1 rings (SSSR count). The Labute approximate surface area is 120 Å². The molecule has 1 aromatic carbocycles. The second-order valence-electron chi connectivity index (χ2n) is 3.90. The van der Waals surface area contributed by atoms with Gasteiger partial charge in [0, 0.05) is 12.1 Å². The molecule has 9 nitrogen and oxygen atoms in total. The van der Waals surface area contributed by atoms with Crippen molar-refractivity contribution >= 4 is 29.5 Å². The van der Waals surface area contributed by atoms with Crippen molar-refractivity contribution in [3.63, 3.8) is 0 Å². The molecule has 0 aliphatic rings. The molecule has 9 heteroatoms. The molecule has 0 heterocycles. The molecule has 0 unspecified atom stereocenters. The number of nitrogens with one attached hydrogen (secondary N) is 2. The van der Waals surface area contributed by atoms with Crippen molar-refractivity contribution in [3.8, 4) is 0 Å². The Morgan fingerprint density at radius 3 is 1.81 bits per heavy atom. The first-order valence-corrected chi connectivity index (χ1v) is 5.73. The van der Waals surface area contributed by atoms with E-state index in [1.165, 1.54) is 32.4 Å². The minimum atomic E-state index is -0.611. The van der Waals surface area contributed by atoms with Crippen LogP contribution in [0.2, 0.25) is 0 Å². The summed E-state index contributed by atoms with van der Waals surface area (Å²) in [6.45, 7) is 0. The minimum Gasteiger partial charge on any atom is -0.465 e. The van der Waals surface area contributed by atoms with E-state index in [0.717, 1.165) is 0 Å². The summed E-state index contributed by atoms with van der Waals surface area (Å²) in [6.07, 6.45) is 0. The first-order chi connectivity index (χ1) is 9.87. The fraction of sp³-hybridized carbons (Fsp3) is 0.167. The highest BCUT2D eigenvalue weighted by Gasteiger charge is 2.16. The summed E-state index contributed by atoms with van der Waals surface area (Å²) in [5.74, 6) is -1.31. The van der Waals surface area contributed by atoms with E-state index in [2.05, 4.69) is 19.5 Å². The first-order valence-electron chi connectivity index (χ1n) is 5.73. The Balaban J connectivity index is 3.34. The van der Waals surface area contributed by atoms with Crippen LogP contribution in [-0.4, -0.2) is 38.1 Å². The first kappa shape index (κ1) is 16.0. The van der Waals surface area contributed by atoms with Gasteiger partial charge in [-0.2, -0.15) is 4.99 Å². The minimum absolute atomic E-state index is 0.0211. The Bertz CT molecular complexity index is 586. The van der Waals surface area contributed by atoms with Crippen LogP contribution in [0.25, 0.3) is 0 Å². The number of ether oxygens (including phenoxy) is 2. The van der Waals surface area contributed by atoms with E-state index in [4.69, 9.17) is 17.2 Å². The summed E-state index contributed by atoms with van der Waals surface area (Å²) < 4.78 is 9.23. The summed E-state index contributed by atoms with van der Waals surface area (Å²) in [5, 5.41) is 0. The molecule has 8 N–H and O–H groups in total. The molecule has 0 radical (unpaired) electrons. The van der Waals surface area contributed by atoms with E-state index in [1.54, 1.807) is 0 Å². The van der Waals surface area contributed by atoms with Crippen molar-refractivity contribution < 1.29 is 29.0 Å². The maximum atomic E-state index is 11.6. The summed E-state index contributed by atoms with van der Waals surface area (Å²) >= 11 is 0. The van der Waals surface area contributed by atoms with E-state index in [1.807, 2.05) is 0 Å². The van der Waals surface area contributed by atoms with Crippen LogP contribution in [0.15, 0.2) is 18.2 Å². The van der Waals surface area contributed by atoms with E-state index in [9.17, 15) is 9.59 Å². The SMILES string of the molecule is COC(=O)c1cc([NH+]=C(N)[NH+]=C(N)N)cc(C(=O)OC)c1. The number of methoxy groups -OCH3 is 2. The van der Waals surface area contributed by atoms with Crippen molar-refractivity contribution in [2.24, 2.45) is 17.2 Å². The third kappa shape index (κ3) is 4.49. The van der Waals surface area contributed by atoms with Gasteiger partial charge >= 0.3 is 17.9 Å². The molecule has 0 bridgehead atoms. The second-order valence-corrected chi connectivity index (χ2v) is 3.90. The molecule has 0 aromatic heterocycles. The zero-order chi connectivity index (χ0) is 16.0. The van der Waals surface area contributed by atoms with Crippen LogP contribution in [0.1, 0.15) is 20.7 Å². The van der Waals surface area contributed by atoms with Gasteiger partial charge in [0.2, 0.25) is 0 Å². The van der Waals surface area contributed by atoms with Crippen molar-refractivity contribution in [3.05, 3.63) is 29.3 Å². The van der Waals surface area contributed by atoms with Gasteiger partial charge in [-0.1, -0.05) is 0 Å². The fourth-order valence-corrected chi connectivity index (χ4v) is 1.51. The van der Waals surface area contributed by atoms with Gasteiger partial charge in [-0.05, 0) is 6.07 Å². The molecule has 112 valence electrons. The molecule has 0 spiro atoms. The fourth-order valence-electron chi connectivity index (χ4n) is 1.51. The molecule has 21 heavy (non-hydrogen) atoms. The average molecular weight is 295 g/mol. The molecule has 0 saturated carbocycles. The van der Waals surface area contributed by atoms with Crippen LogP contribution >= 0.6 is 0 Å². The maximum absolute atomic E-state index is 11.6. The Morgan fingerprint density at radius 1 is 0.952 bits per heavy atom. The lowest BCUT2D eigenvalue weighted by atomic mass is 10.1. The number of hydrogen-bond donors (Lipinski definition) is 5. The quantitative estimate of drug-likeness (QED) is 0.214. The normalized spacial score (nSPS) is 10.7. The van der Waals surface area contributed by atoms with E-state index >= 15 is 0 Å². The smallest absolute Gasteiger partial charge is 0.465 e. The summed E-state index contributed by atoms with van der Waals surface area (Å²) in [6, 6.07) is 4.23. The topological polar surface area (TPSA) is 159 Å². The molecule has 0 amide bonds. The van der Waals surface area contributed by atoms with Gasteiger partial charge in [-0.15, -0.1) is 4.99 Å². The van der Waals surface area contributed by atoms with Crippen LogP contribution in [0.3, 0.4) is 0 Å². The molecule has 1 aromatic rings. The summed E-state index contributed by atoms with van der Waals surface area (Å²) in [4.78, 5) is 28.3. The number of carbonyl (C=O) groups excluding carboxylic acids is 2. The highest BCUT2D eigenvalue weighted by Crippen LogP contribution is 2.13. The van der Waals surface area contributed by atoms with Crippen LogP contribution in [0.4, 0.5) is 5.69 Å². The van der Waals surface area contributed by atoms with Crippen LogP contribution in [-0.2, 0) is 9.47 Å². The Hall–Kier alpha value is -3.10. The van der Waals surface area contributed by atoms with Crippen LogP contribution in [0, 0.1) is 0 Å². The zero-order valence-electron chi connectivity index (χ0n) is 11.6. The van der Waals surface area contributed by atoms with Crippen molar-refractivity contribution in [1.82, 2.24) is 0 Å². The predicted molar refractivity (Wildman–Crippen MR) is 73.3 cm³/mol. The number of nitrogens with two attached hydrogens (primary N) is 3. The standard InChI is InChI=1S/C12H15N5O4/c1-20-9(18)6-3-7(10(19)21-2)5-8(4-6)16-12(15)17-11(13)14/h3-5H,1-2H3,(H6,13,14,15,16,17)/p+2. The lowest BCUT2D eigenvalue weighted by Gasteiger charge is -2.03. The lowest BCUT2D eigenvalue weighted by molar-refractivity contribution is -0.459. The Kier molecular flexibility index (Phi) is 5.24. The molecule has 0 aliphatic carbocycles. The van der Waals surface area contributed by atoms with Gasteiger partial charge in [0.15, 0.2) is 5.69 Å². The number of benzene rings is 1. The highest BCUT2D eigenvalue weighted by atomic mass is 16.5. The summed E-state index contributed by atoms with van der Waals surface area (Å²) in [7, 11) is 2.46. The number of carbonyl (C=O) groups is 2. The third-order valence-corrected chi connectivity index (χ3v) is 2.33. The molecule has 0 aliphatic heterocycles. The van der Waals surface area contributed by atoms with Crippen molar-refractivity contribution in [2.75, 3.05) is 14.2 Å². The second kappa shape index (κ2) is 6.89.